The van der Waals surface area contributed by atoms with Crippen LogP contribution < -0.4 is 21.3 Å². The molecule has 2 aromatic carbocycles. The number of ether oxygens (including phenoxy) is 2. The first kappa shape index (κ1) is 20.8. The van der Waals surface area contributed by atoms with Gasteiger partial charge in [-0.15, -0.1) is 0 Å². The largest absolute Gasteiger partial charge is 0.493 e. The molecule has 0 spiro atoms. The number of hydrogen-bond donors (Lipinski definition) is 3. The fourth-order valence-corrected chi connectivity index (χ4v) is 4.69. The normalized spacial score (nSPS) is 25.4. The van der Waals surface area contributed by atoms with Gasteiger partial charge in [0.2, 0.25) is 5.88 Å². The second-order valence-electron chi connectivity index (χ2n) is 7.30. The molecule has 2 heterocycles. The lowest BCUT2D eigenvalue weighted by Gasteiger charge is -2.36. The van der Waals surface area contributed by atoms with E-state index in [4.69, 9.17) is 38.4 Å². The number of para-hydroxylation sites is 1. The summed E-state index contributed by atoms with van der Waals surface area (Å²) < 4.78 is 11.9. The molecule has 0 saturated carbocycles. The predicted octanol–water partition coefficient (Wildman–Crippen LogP) is 4.38. The Hall–Kier alpha value is -2.43. The molecule has 2 aromatic rings. The zero-order chi connectivity index (χ0) is 21.3. The number of nitriles is 1. The van der Waals surface area contributed by atoms with E-state index in [0.29, 0.717) is 22.2 Å². The van der Waals surface area contributed by atoms with Crippen molar-refractivity contribution >= 4 is 23.2 Å². The first-order chi connectivity index (χ1) is 14.5. The number of hydrogen-bond acceptors (Lipinski definition) is 6. The van der Waals surface area contributed by atoms with Gasteiger partial charge in [-0.05, 0) is 30.2 Å². The second-order valence-corrected chi connectivity index (χ2v) is 8.15. The van der Waals surface area contributed by atoms with E-state index in [1.165, 1.54) is 0 Å². The predicted molar refractivity (Wildman–Crippen MR) is 116 cm³/mol. The molecular formula is C22H22Cl2N4O2. The number of hydrazine groups is 1. The van der Waals surface area contributed by atoms with Crippen molar-refractivity contribution in [3.05, 3.63) is 75.1 Å². The molecule has 0 aromatic heterocycles. The molecule has 2 aliphatic heterocycles. The molecule has 0 bridgehead atoms. The summed E-state index contributed by atoms with van der Waals surface area (Å²) >= 11 is 12.6. The Labute approximate surface area is 185 Å². The van der Waals surface area contributed by atoms with Crippen LogP contribution in [-0.2, 0) is 4.74 Å². The van der Waals surface area contributed by atoms with Crippen LogP contribution in [0, 0.1) is 17.2 Å². The molecule has 0 amide bonds. The van der Waals surface area contributed by atoms with Crippen molar-refractivity contribution in [1.29, 1.82) is 5.26 Å². The van der Waals surface area contributed by atoms with Gasteiger partial charge in [-0.25, -0.2) is 10.9 Å². The third kappa shape index (κ3) is 3.70. The molecule has 156 valence electrons. The van der Waals surface area contributed by atoms with Crippen LogP contribution in [0.2, 0.25) is 10.0 Å². The molecule has 0 aliphatic carbocycles. The monoisotopic (exact) mass is 444 g/mol. The molecule has 1 saturated heterocycles. The number of fused-ring (bicyclic) bond motifs is 1. The van der Waals surface area contributed by atoms with Crippen LogP contribution in [0.15, 0.2) is 53.9 Å². The highest BCUT2D eigenvalue weighted by molar-refractivity contribution is 6.35. The van der Waals surface area contributed by atoms with Crippen molar-refractivity contribution in [2.24, 2.45) is 11.7 Å². The lowest BCUT2D eigenvalue weighted by atomic mass is 9.74. The Balaban J connectivity index is 1.83. The highest BCUT2D eigenvalue weighted by atomic mass is 35.5. The van der Waals surface area contributed by atoms with Crippen LogP contribution in [0.25, 0.3) is 0 Å². The Kier molecular flexibility index (Phi) is 6.07. The van der Waals surface area contributed by atoms with Gasteiger partial charge >= 0.3 is 0 Å². The highest BCUT2D eigenvalue weighted by Crippen LogP contribution is 2.50. The fraction of sp³-hybridized carbons (Fsp3) is 0.318. The number of nitrogens with one attached hydrogen (secondary N) is 2. The summed E-state index contributed by atoms with van der Waals surface area (Å²) in [6, 6.07) is 15.2. The van der Waals surface area contributed by atoms with Crippen molar-refractivity contribution in [3.8, 4) is 11.8 Å². The molecule has 4 N–H and O–H groups in total. The van der Waals surface area contributed by atoms with Crippen LogP contribution >= 0.6 is 23.2 Å². The van der Waals surface area contributed by atoms with E-state index in [-0.39, 0.29) is 23.8 Å². The molecule has 8 heteroatoms. The van der Waals surface area contributed by atoms with Crippen LogP contribution in [0.3, 0.4) is 0 Å². The van der Waals surface area contributed by atoms with E-state index < -0.39 is 6.23 Å². The third-order valence-corrected chi connectivity index (χ3v) is 6.03. The maximum atomic E-state index is 9.93. The average molecular weight is 445 g/mol. The maximum absolute atomic E-state index is 9.93. The van der Waals surface area contributed by atoms with E-state index in [1.807, 2.05) is 30.3 Å². The summed E-state index contributed by atoms with van der Waals surface area (Å²) in [5.41, 5.74) is 14.7. The maximum Gasteiger partial charge on any atom is 0.200 e. The van der Waals surface area contributed by atoms with Crippen LogP contribution in [0.5, 0.6) is 5.75 Å². The van der Waals surface area contributed by atoms with Gasteiger partial charge in [0.05, 0.1) is 18.2 Å². The van der Waals surface area contributed by atoms with Crippen molar-refractivity contribution in [1.82, 2.24) is 10.9 Å². The standard InChI is InChI=1S/C22H22Cl2N4O2/c1-2-9-29-17-6-4-3-5-14(17)18-15(11-25)21(26)30-22-19(18)20(27-28-22)13-8-7-12(23)10-16(13)24/h3-8,10,18-20,22,27-28H,2,9,26H2,1H3. The molecule has 4 rings (SSSR count). The third-order valence-electron chi connectivity index (χ3n) is 5.46. The first-order valence-electron chi connectivity index (χ1n) is 9.79. The fourth-order valence-electron chi connectivity index (χ4n) is 4.17. The van der Waals surface area contributed by atoms with Gasteiger partial charge in [0.1, 0.15) is 11.8 Å². The summed E-state index contributed by atoms with van der Waals surface area (Å²) in [5.74, 6) is 0.308. The Morgan fingerprint density at radius 1 is 1.17 bits per heavy atom. The van der Waals surface area contributed by atoms with Gasteiger partial charge in [0, 0.05) is 27.4 Å². The molecule has 4 atom stereocenters. The van der Waals surface area contributed by atoms with Crippen molar-refractivity contribution in [2.45, 2.75) is 31.5 Å². The molecule has 2 aliphatic rings. The minimum atomic E-state index is -0.442. The van der Waals surface area contributed by atoms with Gasteiger partial charge in [0.25, 0.3) is 0 Å². The molecule has 6 nitrogen and oxygen atoms in total. The minimum absolute atomic E-state index is 0.117. The van der Waals surface area contributed by atoms with Crippen molar-refractivity contribution < 1.29 is 9.47 Å². The molecular weight excluding hydrogens is 423 g/mol. The summed E-state index contributed by atoms with van der Waals surface area (Å²) in [6.07, 6.45) is 0.437. The SMILES string of the molecule is CCCOc1ccccc1C1C(C#N)=C(N)OC2NNC(c3ccc(Cl)cc3Cl)C21. The average Bonchev–Trinajstić information content (AvgIpc) is 3.14. The van der Waals surface area contributed by atoms with Crippen molar-refractivity contribution in [2.75, 3.05) is 6.61 Å². The van der Waals surface area contributed by atoms with Crippen molar-refractivity contribution in [3.63, 3.8) is 0 Å². The van der Waals surface area contributed by atoms with E-state index in [1.54, 1.807) is 12.1 Å². The molecule has 4 unspecified atom stereocenters. The smallest absolute Gasteiger partial charge is 0.200 e. The number of nitrogens with zero attached hydrogens (tertiary/aromatic N) is 1. The number of halogens is 2. The first-order valence-corrected chi connectivity index (χ1v) is 10.5. The Bertz CT molecular complexity index is 1020. The van der Waals surface area contributed by atoms with E-state index in [0.717, 1.165) is 23.3 Å². The topological polar surface area (TPSA) is 92.3 Å². The number of benzene rings is 2. The number of rotatable bonds is 5. The van der Waals surface area contributed by atoms with Gasteiger partial charge in [-0.3, -0.25) is 0 Å². The quantitative estimate of drug-likeness (QED) is 0.633. The minimum Gasteiger partial charge on any atom is -0.493 e. The molecule has 0 radical (unpaired) electrons. The number of allylic oxidation sites excluding steroid dienone is 1. The van der Waals surface area contributed by atoms with E-state index in [9.17, 15) is 5.26 Å². The molecule has 1 fully saturated rings. The second kappa shape index (κ2) is 8.75. The van der Waals surface area contributed by atoms with Crippen LogP contribution in [-0.4, -0.2) is 12.8 Å². The number of nitrogens with two attached hydrogens (primary N) is 1. The van der Waals surface area contributed by atoms with Gasteiger partial charge in [-0.2, -0.15) is 5.26 Å². The van der Waals surface area contributed by atoms with Crippen LogP contribution in [0.1, 0.15) is 36.4 Å². The Morgan fingerprint density at radius 3 is 2.70 bits per heavy atom. The van der Waals surface area contributed by atoms with E-state index >= 15 is 0 Å². The lowest BCUT2D eigenvalue weighted by Crippen LogP contribution is -2.41. The zero-order valence-corrected chi connectivity index (χ0v) is 17.9. The van der Waals surface area contributed by atoms with E-state index in [2.05, 4.69) is 23.8 Å². The van der Waals surface area contributed by atoms with Gasteiger partial charge < -0.3 is 15.2 Å². The summed E-state index contributed by atoms with van der Waals surface area (Å²) in [6.45, 7) is 2.63. The Morgan fingerprint density at radius 2 is 1.97 bits per heavy atom. The zero-order valence-electron chi connectivity index (χ0n) is 16.4. The molecule has 30 heavy (non-hydrogen) atoms. The summed E-state index contributed by atoms with van der Waals surface area (Å²) in [7, 11) is 0. The van der Waals surface area contributed by atoms with Crippen LogP contribution in [0.4, 0.5) is 0 Å². The lowest BCUT2D eigenvalue weighted by molar-refractivity contribution is 0.0337. The summed E-state index contributed by atoms with van der Waals surface area (Å²) in [4.78, 5) is 0. The summed E-state index contributed by atoms with van der Waals surface area (Å²) in [5, 5.41) is 11.0. The van der Waals surface area contributed by atoms with Gasteiger partial charge in [0.15, 0.2) is 6.23 Å². The highest BCUT2D eigenvalue weighted by Gasteiger charge is 2.50. The van der Waals surface area contributed by atoms with Gasteiger partial charge in [-0.1, -0.05) is 54.4 Å².